The predicted octanol–water partition coefficient (Wildman–Crippen LogP) is 2.03. The molecule has 1 aromatic rings. The number of carboxylic acid groups (broad SMARTS) is 1. The summed E-state index contributed by atoms with van der Waals surface area (Å²) in [7, 11) is 0. The van der Waals surface area contributed by atoms with Crippen LogP contribution in [-0.4, -0.2) is 17.6 Å². The number of carboxylic acids is 1. The fraction of sp³-hybridized carbons (Fsp3) is 0.364. The first-order chi connectivity index (χ1) is 7.11. The van der Waals surface area contributed by atoms with Crippen molar-refractivity contribution in [3.8, 4) is 0 Å². The molecule has 0 saturated carbocycles. The molecule has 1 aromatic heterocycles. The Kier molecular flexibility index (Phi) is 4.12. The van der Waals surface area contributed by atoms with Crippen LogP contribution in [0.3, 0.4) is 0 Å². The van der Waals surface area contributed by atoms with Crippen LogP contribution in [0.5, 0.6) is 0 Å². The van der Waals surface area contributed by atoms with Crippen molar-refractivity contribution in [3.05, 3.63) is 35.3 Å². The standard InChI is InChI=1S/C11H15NO3/c1-8(2)3-5-12-7-9-4-6-15-10(9)11(13)14/h3-4,6,12H,5,7H2,1-2H3,(H,13,14). The number of hydrogen-bond donors (Lipinski definition) is 2. The van der Waals surface area contributed by atoms with Crippen LogP contribution in [0.25, 0.3) is 0 Å². The topological polar surface area (TPSA) is 62.5 Å². The van der Waals surface area contributed by atoms with Crippen LogP contribution >= 0.6 is 0 Å². The van der Waals surface area contributed by atoms with Gasteiger partial charge in [0.2, 0.25) is 5.76 Å². The lowest BCUT2D eigenvalue weighted by atomic mass is 10.2. The smallest absolute Gasteiger partial charge is 0.372 e. The SMILES string of the molecule is CC(C)=CCNCc1ccoc1C(=O)O. The van der Waals surface area contributed by atoms with Crippen LogP contribution < -0.4 is 5.32 Å². The summed E-state index contributed by atoms with van der Waals surface area (Å²) in [6.45, 7) is 5.26. The third-order valence-electron chi connectivity index (χ3n) is 1.91. The molecular formula is C11H15NO3. The van der Waals surface area contributed by atoms with Crippen LogP contribution in [0.15, 0.2) is 28.4 Å². The van der Waals surface area contributed by atoms with Crippen LogP contribution in [0.2, 0.25) is 0 Å². The molecule has 15 heavy (non-hydrogen) atoms. The van der Waals surface area contributed by atoms with Crippen molar-refractivity contribution in [1.82, 2.24) is 5.32 Å². The largest absolute Gasteiger partial charge is 0.475 e. The van der Waals surface area contributed by atoms with E-state index in [0.29, 0.717) is 12.1 Å². The summed E-state index contributed by atoms with van der Waals surface area (Å²) < 4.78 is 4.85. The molecule has 0 radical (unpaired) electrons. The molecular weight excluding hydrogens is 194 g/mol. The Hall–Kier alpha value is -1.55. The highest BCUT2D eigenvalue weighted by molar-refractivity contribution is 5.86. The minimum Gasteiger partial charge on any atom is -0.475 e. The van der Waals surface area contributed by atoms with Crippen molar-refractivity contribution in [2.75, 3.05) is 6.54 Å². The van der Waals surface area contributed by atoms with E-state index in [4.69, 9.17) is 9.52 Å². The highest BCUT2D eigenvalue weighted by Gasteiger charge is 2.12. The zero-order valence-electron chi connectivity index (χ0n) is 8.91. The van der Waals surface area contributed by atoms with Crippen molar-refractivity contribution >= 4 is 5.97 Å². The molecule has 0 aliphatic rings. The first-order valence-corrected chi connectivity index (χ1v) is 4.75. The summed E-state index contributed by atoms with van der Waals surface area (Å²) >= 11 is 0. The summed E-state index contributed by atoms with van der Waals surface area (Å²) in [4.78, 5) is 10.7. The number of nitrogens with one attached hydrogen (secondary N) is 1. The lowest BCUT2D eigenvalue weighted by Crippen LogP contribution is -2.14. The third kappa shape index (κ3) is 3.59. The quantitative estimate of drug-likeness (QED) is 0.575. The predicted molar refractivity (Wildman–Crippen MR) is 56.8 cm³/mol. The van der Waals surface area contributed by atoms with Crippen LogP contribution in [0.4, 0.5) is 0 Å². The number of carbonyl (C=O) groups is 1. The minimum atomic E-state index is -1.03. The molecule has 4 nitrogen and oxygen atoms in total. The number of hydrogen-bond acceptors (Lipinski definition) is 3. The van der Waals surface area contributed by atoms with Gasteiger partial charge in [-0.3, -0.25) is 0 Å². The molecule has 0 atom stereocenters. The number of allylic oxidation sites excluding steroid dienone is 1. The average Bonchev–Trinajstić information content (AvgIpc) is 2.60. The van der Waals surface area contributed by atoms with E-state index in [1.165, 1.54) is 11.8 Å². The summed E-state index contributed by atoms with van der Waals surface area (Å²) in [5.41, 5.74) is 1.90. The molecule has 0 spiro atoms. The summed E-state index contributed by atoms with van der Waals surface area (Å²) in [5, 5.41) is 11.9. The first kappa shape index (κ1) is 11.5. The molecule has 4 heteroatoms. The van der Waals surface area contributed by atoms with Crippen molar-refractivity contribution in [3.63, 3.8) is 0 Å². The molecule has 0 fully saturated rings. The molecule has 82 valence electrons. The maximum absolute atomic E-state index is 10.7. The Morgan fingerprint density at radius 1 is 1.60 bits per heavy atom. The molecule has 0 unspecified atom stereocenters. The lowest BCUT2D eigenvalue weighted by molar-refractivity contribution is 0.0660. The number of rotatable bonds is 5. The molecule has 0 bridgehead atoms. The van der Waals surface area contributed by atoms with Crippen molar-refractivity contribution in [1.29, 1.82) is 0 Å². The molecule has 1 rings (SSSR count). The van der Waals surface area contributed by atoms with E-state index in [2.05, 4.69) is 5.32 Å². The highest BCUT2D eigenvalue weighted by atomic mass is 16.4. The van der Waals surface area contributed by atoms with Crippen molar-refractivity contribution in [2.45, 2.75) is 20.4 Å². The van der Waals surface area contributed by atoms with Gasteiger partial charge in [0.05, 0.1) is 6.26 Å². The molecule has 0 aromatic carbocycles. The van der Waals surface area contributed by atoms with E-state index in [9.17, 15) is 4.79 Å². The fourth-order valence-corrected chi connectivity index (χ4v) is 1.15. The molecule has 2 N–H and O–H groups in total. The van der Waals surface area contributed by atoms with E-state index < -0.39 is 5.97 Å². The maximum Gasteiger partial charge on any atom is 0.372 e. The zero-order chi connectivity index (χ0) is 11.3. The molecule has 0 amide bonds. The fourth-order valence-electron chi connectivity index (χ4n) is 1.15. The normalized spacial score (nSPS) is 10.0. The average molecular weight is 209 g/mol. The van der Waals surface area contributed by atoms with Gasteiger partial charge in [0.1, 0.15) is 0 Å². The van der Waals surface area contributed by atoms with Gasteiger partial charge in [0.15, 0.2) is 0 Å². The van der Waals surface area contributed by atoms with Crippen LogP contribution in [-0.2, 0) is 6.54 Å². The van der Waals surface area contributed by atoms with Crippen LogP contribution in [0, 0.1) is 0 Å². The maximum atomic E-state index is 10.7. The Bertz CT molecular complexity index is 362. The molecule has 0 aliphatic carbocycles. The van der Waals surface area contributed by atoms with E-state index in [1.807, 2.05) is 19.9 Å². The van der Waals surface area contributed by atoms with Gasteiger partial charge in [-0.25, -0.2) is 4.79 Å². The van der Waals surface area contributed by atoms with Crippen molar-refractivity contribution in [2.24, 2.45) is 0 Å². The monoisotopic (exact) mass is 209 g/mol. The Morgan fingerprint density at radius 2 is 2.33 bits per heavy atom. The summed E-state index contributed by atoms with van der Waals surface area (Å²) in [6.07, 6.45) is 3.43. The van der Waals surface area contributed by atoms with Gasteiger partial charge in [-0.2, -0.15) is 0 Å². The minimum absolute atomic E-state index is 0.0136. The van der Waals surface area contributed by atoms with E-state index in [1.54, 1.807) is 6.07 Å². The van der Waals surface area contributed by atoms with E-state index in [-0.39, 0.29) is 5.76 Å². The van der Waals surface area contributed by atoms with Gasteiger partial charge in [-0.1, -0.05) is 11.6 Å². The highest BCUT2D eigenvalue weighted by Crippen LogP contribution is 2.09. The number of furan rings is 1. The Balaban J connectivity index is 2.47. The van der Waals surface area contributed by atoms with E-state index >= 15 is 0 Å². The second-order valence-corrected chi connectivity index (χ2v) is 3.49. The van der Waals surface area contributed by atoms with Gasteiger partial charge in [0.25, 0.3) is 0 Å². The van der Waals surface area contributed by atoms with Gasteiger partial charge < -0.3 is 14.8 Å². The lowest BCUT2D eigenvalue weighted by Gasteiger charge is -2.00. The molecule has 0 saturated heterocycles. The molecule has 1 heterocycles. The summed E-state index contributed by atoms with van der Waals surface area (Å²) in [5.74, 6) is -1.02. The molecule has 0 aliphatic heterocycles. The second-order valence-electron chi connectivity index (χ2n) is 3.49. The van der Waals surface area contributed by atoms with Gasteiger partial charge in [-0.05, 0) is 19.9 Å². The Morgan fingerprint density at radius 3 is 2.93 bits per heavy atom. The van der Waals surface area contributed by atoms with Gasteiger partial charge in [-0.15, -0.1) is 0 Å². The number of aromatic carboxylic acids is 1. The second kappa shape index (κ2) is 5.36. The first-order valence-electron chi connectivity index (χ1n) is 4.75. The zero-order valence-corrected chi connectivity index (χ0v) is 8.91. The van der Waals surface area contributed by atoms with Crippen LogP contribution in [0.1, 0.15) is 30.0 Å². The third-order valence-corrected chi connectivity index (χ3v) is 1.91. The Labute approximate surface area is 88.6 Å². The van der Waals surface area contributed by atoms with Gasteiger partial charge >= 0.3 is 5.97 Å². The van der Waals surface area contributed by atoms with Gasteiger partial charge in [0, 0.05) is 18.7 Å². The van der Waals surface area contributed by atoms with Crippen molar-refractivity contribution < 1.29 is 14.3 Å². The summed E-state index contributed by atoms with van der Waals surface area (Å²) in [6, 6.07) is 1.67. The van der Waals surface area contributed by atoms with E-state index in [0.717, 1.165) is 6.54 Å².